The predicted molar refractivity (Wildman–Crippen MR) is 71.0 cm³/mol. The third-order valence-corrected chi connectivity index (χ3v) is 3.20. The van der Waals surface area contributed by atoms with Gasteiger partial charge < -0.3 is 24.9 Å². The van der Waals surface area contributed by atoms with Gasteiger partial charge in [-0.3, -0.25) is 0 Å². The number of aromatic nitrogens is 3. The summed E-state index contributed by atoms with van der Waals surface area (Å²) in [5.74, 6) is 1.18. The van der Waals surface area contributed by atoms with E-state index in [4.69, 9.17) is 10.5 Å². The molecule has 2 aromatic rings. The third kappa shape index (κ3) is 2.22. The lowest BCUT2D eigenvalue weighted by molar-refractivity contribution is -0.0422. The van der Waals surface area contributed by atoms with Crippen LogP contribution in [0.4, 0.5) is 11.6 Å². The molecule has 1 aliphatic rings. The van der Waals surface area contributed by atoms with Gasteiger partial charge in [0.25, 0.3) is 0 Å². The van der Waals surface area contributed by atoms with Gasteiger partial charge in [0.05, 0.1) is 25.0 Å². The molecule has 3 heterocycles. The van der Waals surface area contributed by atoms with Crippen molar-refractivity contribution in [2.45, 2.75) is 19.1 Å². The van der Waals surface area contributed by atoms with Gasteiger partial charge in [0.2, 0.25) is 0 Å². The van der Waals surface area contributed by atoms with E-state index in [1.165, 1.54) is 0 Å². The van der Waals surface area contributed by atoms with E-state index in [0.29, 0.717) is 18.9 Å². The normalized spacial score (nSPS) is 24.0. The van der Waals surface area contributed by atoms with Crippen LogP contribution in [0.5, 0.6) is 0 Å². The molecular weight excluding hydrogens is 246 g/mol. The molecule has 0 spiro atoms. The van der Waals surface area contributed by atoms with Gasteiger partial charge in [0.1, 0.15) is 5.82 Å². The monoisotopic (exact) mass is 263 g/mol. The van der Waals surface area contributed by atoms with Gasteiger partial charge in [-0.2, -0.15) is 0 Å². The Balaban J connectivity index is 2.00. The first-order chi connectivity index (χ1) is 9.17. The number of hydrogen-bond acceptors (Lipinski definition) is 6. The number of nitrogens with two attached hydrogens (primary N) is 1. The Bertz CT molecular complexity index is 585. The third-order valence-electron chi connectivity index (χ3n) is 3.20. The summed E-state index contributed by atoms with van der Waals surface area (Å²) in [6.45, 7) is 3.26. The first-order valence-electron chi connectivity index (χ1n) is 6.28. The standard InChI is InChI=1S/C12H17N5O2/c1-8-4-17(5-9(7-18)19-8)12-11-14-2-3-16(11)6-10(13)15-12/h2-3,6,8-9,18H,4-5,7,13H2,1H3. The fourth-order valence-corrected chi connectivity index (χ4v) is 2.47. The molecule has 19 heavy (non-hydrogen) atoms. The highest BCUT2D eigenvalue weighted by atomic mass is 16.5. The van der Waals surface area contributed by atoms with Gasteiger partial charge in [-0.25, -0.2) is 9.97 Å². The van der Waals surface area contributed by atoms with E-state index < -0.39 is 0 Å². The van der Waals surface area contributed by atoms with Crippen LogP contribution in [-0.4, -0.2) is 51.4 Å². The lowest BCUT2D eigenvalue weighted by Crippen LogP contribution is -2.48. The Hall–Kier alpha value is -1.86. The Morgan fingerprint density at radius 3 is 3.16 bits per heavy atom. The molecule has 0 aliphatic carbocycles. The molecule has 0 amide bonds. The number of nitrogen functional groups attached to an aromatic ring is 1. The Kier molecular flexibility index (Phi) is 3.00. The minimum absolute atomic E-state index is 0.00607. The molecule has 1 fully saturated rings. The van der Waals surface area contributed by atoms with Gasteiger partial charge in [-0.15, -0.1) is 0 Å². The number of fused-ring (bicyclic) bond motifs is 1. The Morgan fingerprint density at radius 2 is 2.37 bits per heavy atom. The summed E-state index contributed by atoms with van der Waals surface area (Å²) >= 11 is 0. The van der Waals surface area contributed by atoms with Crippen molar-refractivity contribution in [1.29, 1.82) is 0 Å². The van der Waals surface area contributed by atoms with Gasteiger partial charge in [0.15, 0.2) is 11.5 Å². The van der Waals surface area contributed by atoms with Crippen molar-refractivity contribution in [3.63, 3.8) is 0 Å². The molecule has 7 nitrogen and oxygen atoms in total. The van der Waals surface area contributed by atoms with Crippen molar-refractivity contribution in [3.05, 3.63) is 18.6 Å². The molecule has 1 saturated heterocycles. The Labute approximate surface area is 110 Å². The van der Waals surface area contributed by atoms with Crippen LogP contribution in [0.2, 0.25) is 0 Å². The van der Waals surface area contributed by atoms with E-state index in [1.807, 2.05) is 17.5 Å². The highest BCUT2D eigenvalue weighted by Gasteiger charge is 2.27. The van der Waals surface area contributed by atoms with Crippen LogP contribution in [0.1, 0.15) is 6.92 Å². The second-order valence-corrected chi connectivity index (χ2v) is 4.80. The second-order valence-electron chi connectivity index (χ2n) is 4.80. The first kappa shape index (κ1) is 12.2. The molecule has 2 unspecified atom stereocenters. The minimum atomic E-state index is -0.206. The average molecular weight is 263 g/mol. The average Bonchev–Trinajstić information content (AvgIpc) is 2.84. The summed E-state index contributed by atoms with van der Waals surface area (Å²) in [4.78, 5) is 10.8. The van der Waals surface area contributed by atoms with E-state index in [9.17, 15) is 5.11 Å². The van der Waals surface area contributed by atoms with Crippen molar-refractivity contribution in [2.75, 3.05) is 30.3 Å². The molecule has 0 radical (unpaired) electrons. The van der Waals surface area contributed by atoms with Gasteiger partial charge in [-0.1, -0.05) is 0 Å². The maximum Gasteiger partial charge on any atom is 0.180 e. The lowest BCUT2D eigenvalue weighted by atomic mass is 10.2. The molecule has 3 N–H and O–H groups in total. The number of aliphatic hydroxyl groups is 1. The van der Waals surface area contributed by atoms with E-state index in [-0.39, 0.29) is 18.8 Å². The zero-order valence-electron chi connectivity index (χ0n) is 10.7. The van der Waals surface area contributed by atoms with Crippen molar-refractivity contribution in [2.24, 2.45) is 0 Å². The van der Waals surface area contributed by atoms with Crippen LogP contribution in [0.15, 0.2) is 18.6 Å². The second kappa shape index (κ2) is 4.67. The van der Waals surface area contributed by atoms with Crippen LogP contribution in [0.3, 0.4) is 0 Å². The highest BCUT2D eigenvalue weighted by Crippen LogP contribution is 2.23. The largest absolute Gasteiger partial charge is 0.394 e. The van der Waals surface area contributed by atoms with Crippen LogP contribution < -0.4 is 10.6 Å². The predicted octanol–water partition coefficient (Wildman–Crippen LogP) is -0.103. The number of ether oxygens (including phenoxy) is 1. The fraction of sp³-hybridized carbons (Fsp3) is 0.500. The molecule has 3 rings (SSSR count). The summed E-state index contributed by atoms with van der Waals surface area (Å²) in [7, 11) is 0. The van der Waals surface area contributed by atoms with E-state index >= 15 is 0 Å². The highest BCUT2D eigenvalue weighted by molar-refractivity contribution is 5.66. The number of hydrogen-bond donors (Lipinski definition) is 2. The van der Waals surface area contributed by atoms with Crippen molar-refractivity contribution < 1.29 is 9.84 Å². The molecule has 7 heteroatoms. The summed E-state index contributed by atoms with van der Waals surface area (Å²) in [5.41, 5.74) is 6.59. The molecule has 2 aromatic heterocycles. The van der Waals surface area contributed by atoms with Crippen molar-refractivity contribution in [1.82, 2.24) is 14.4 Å². The summed E-state index contributed by atoms with van der Waals surface area (Å²) < 4.78 is 7.49. The maximum atomic E-state index is 9.28. The first-order valence-corrected chi connectivity index (χ1v) is 6.28. The van der Waals surface area contributed by atoms with Gasteiger partial charge in [0, 0.05) is 25.5 Å². The number of nitrogens with zero attached hydrogens (tertiary/aromatic N) is 4. The number of imidazole rings is 1. The molecule has 0 aromatic carbocycles. The van der Waals surface area contributed by atoms with Gasteiger partial charge >= 0.3 is 0 Å². The topological polar surface area (TPSA) is 88.9 Å². The van der Waals surface area contributed by atoms with Gasteiger partial charge in [-0.05, 0) is 6.92 Å². The van der Waals surface area contributed by atoms with E-state index in [2.05, 4.69) is 14.9 Å². The summed E-state index contributed by atoms with van der Waals surface area (Å²) in [6.07, 6.45) is 5.11. The smallest absolute Gasteiger partial charge is 0.180 e. The quantitative estimate of drug-likeness (QED) is 0.786. The number of morpholine rings is 1. The van der Waals surface area contributed by atoms with E-state index in [1.54, 1.807) is 12.4 Å². The molecular formula is C12H17N5O2. The zero-order chi connectivity index (χ0) is 13.4. The Morgan fingerprint density at radius 1 is 1.53 bits per heavy atom. The summed E-state index contributed by atoms with van der Waals surface area (Å²) in [5, 5.41) is 9.28. The lowest BCUT2D eigenvalue weighted by Gasteiger charge is -2.36. The molecule has 2 atom stereocenters. The molecule has 0 saturated carbocycles. The summed E-state index contributed by atoms with van der Waals surface area (Å²) in [6, 6.07) is 0. The number of aliphatic hydroxyl groups excluding tert-OH is 1. The number of rotatable bonds is 2. The number of anilines is 2. The zero-order valence-corrected chi connectivity index (χ0v) is 10.7. The fourth-order valence-electron chi connectivity index (χ4n) is 2.47. The SMILES string of the molecule is CC1CN(c2nc(N)cn3ccnc23)CC(CO)O1. The van der Waals surface area contributed by atoms with Crippen molar-refractivity contribution in [3.8, 4) is 0 Å². The molecule has 0 bridgehead atoms. The minimum Gasteiger partial charge on any atom is -0.394 e. The molecule has 102 valence electrons. The van der Waals surface area contributed by atoms with Crippen LogP contribution in [0, 0.1) is 0 Å². The van der Waals surface area contributed by atoms with Crippen LogP contribution in [0.25, 0.3) is 5.65 Å². The van der Waals surface area contributed by atoms with Crippen LogP contribution in [-0.2, 0) is 4.74 Å². The molecule has 1 aliphatic heterocycles. The van der Waals surface area contributed by atoms with E-state index in [0.717, 1.165) is 11.5 Å². The van der Waals surface area contributed by atoms with Crippen LogP contribution >= 0.6 is 0 Å². The maximum absolute atomic E-state index is 9.28. The van der Waals surface area contributed by atoms with Crippen molar-refractivity contribution >= 4 is 17.3 Å².